The number of aromatic nitrogens is 5. The van der Waals surface area contributed by atoms with Crippen LogP contribution >= 0.6 is 0 Å². The quantitative estimate of drug-likeness (QED) is 0.447. The van der Waals surface area contributed by atoms with E-state index < -0.39 is 46.3 Å². The number of aryl methyl sites for hydroxylation is 1. The zero-order valence-corrected chi connectivity index (χ0v) is 16.9. The average Bonchev–Trinajstić information content (AvgIpc) is 3.11. The Balaban J connectivity index is 1.69. The summed E-state index contributed by atoms with van der Waals surface area (Å²) >= 11 is 0. The summed E-state index contributed by atoms with van der Waals surface area (Å²) in [7, 11) is 1.29. The van der Waals surface area contributed by atoms with Crippen LogP contribution in [-0.2, 0) is 13.2 Å². The van der Waals surface area contributed by atoms with E-state index in [2.05, 4.69) is 25.4 Å². The molecule has 9 nitrogen and oxygen atoms in total. The summed E-state index contributed by atoms with van der Waals surface area (Å²) in [6.07, 6.45) is -2.23. The van der Waals surface area contributed by atoms with Crippen molar-refractivity contribution in [3.8, 4) is 22.7 Å². The Morgan fingerprint density at radius 2 is 1.76 bits per heavy atom. The molecule has 3 aromatic heterocycles. The molecule has 0 unspecified atom stereocenters. The predicted octanol–water partition coefficient (Wildman–Crippen LogP) is 3.44. The molecule has 34 heavy (non-hydrogen) atoms. The van der Waals surface area contributed by atoms with Crippen molar-refractivity contribution in [2.75, 3.05) is 5.32 Å². The number of rotatable bonds is 4. The number of nitrogens with one attached hydrogen (secondary N) is 1. The molecule has 0 atom stereocenters. The smallest absolute Gasteiger partial charge is 0.388 e. The maximum Gasteiger partial charge on any atom is 0.437 e. The third-order valence-electron chi connectivity index (χ3n) is 4.45. The van der Waals surface area contributed by atoms with Crippen LogP contribution in [0.4, 0.5) is 27.8 Å². The zero-order chi connectivity index (χ0) is 24.6. The number of carbonyl (C=O) groups excluding carboxylic acids is 1. The van der Waals surface area contributed by atoms with Gasteiger partial charge in [0, 0.05) is 18.8 Å². The number of hydrogen-bond acceptors (Lipinski definition) is 7. The highest BCUT2D eigenvalue weighted by Crippen LogP contribution is 2.36. The van der Waals surface area contributed by atoms with Crippen molar-refractivity contribution >= 4 is 11.7 Å². The summed E-state index contributed by atoms with van der Waals surface area (Å²) in [5.74, 6) is -4.75. The van der Waals surface area contributed by atoms with E-state index in [0.29, 0.717) is 0 Å². The Kier molecular flexibility index (Phi) is 5.65. The SMILES string of the molecule is Cn1nc(-c2cnc(C(F)(F)F)c(-c3cnc(NC(=O)c4c(F)cccc4F)cn3)c2)oc1=O. The van der Waals surface area contributed by atoms with Crippen molar-refractivity contribution in [2.45, 2.75) is 6.18 Å². The molecule has 0 spiro atoms. The number of nitrogens with zero attached hydrogens (tertiary/aromatic N) is 5. The highest BCUT2D eigenvalue weighted by atomic mass is 19.4. The van der Waals surface area contributed by atoms with Crippen LogP contribution in [0.3, 0.4) is 0 Å². The minimum atomic E-state index is -4.87. The summed E-state index contributed by atoms with van der Waals surface area (Å²) in [5, 5.41) is 5.89. The van der Waals surface area contributed by atoms with E-state index in [9.17, 15) is 31.5 Å². The van der Waals surface area contributed by atoms with Crippen LogP contribution in [-0.4, -0.2) is 30.6 Å². The van der Waals surface area contributed by atoms with Gasteiger partial charge < -0.3 is 9.73 Å². The second-order valence-corrected chi connectivity index (χ2v) is 6.75. The Labute approximate surface area is 185 Å². The van der Waals surface area contributed by atoms with Gasteiger partial charge >= 0.3 is 11.9 Å². The molecule has 1 aromatic carbocycles. The highest BCUT2D eigenvalue weighted by Gasteiger charge is 2.36. The van der Waals surface area contributed by atoms with Crippen LogP contribution in [0, 0.1) is 11.6 Å². The first-order valence-corrected chi connectivity index (χ1v) is 9.24. The largest absolute Gasteiger partial charge is 0.437 e. The molecule has 4 rings (SSSR count). The second-order valence-electron chi connectivity index (χ2n) is 6.75. The highest BCUT2D eigenvalue weighted by molar-refractivity contribution is 6.04. The van der Waals surface area contributed by atoms with Gasteiger partial charge in [0.25, 0.3) is 11.8 Å². The first-order chi connectivity index (χ1) is 16.0. The third kappa shape index (κ3) is 4.37. The van der Waals surface area contributed by atoms with Crippen molar-refractivity contribution in [3.63, 3.8) is 0 Å². The Hall–Kier alpha value is -4.49. The van der Waals surface area contributed by atoms with Crippen LogP contribution in [0.5, 0.6) is 0 Å². The molecular weight excluding hydrogens is 467 g/mol. The van der Waals surface area contributed by atoms with Gasteiger partial charge in [-0.1, -0.05) is 6.07 Å². The van der Waals surface area contributed by atoms with Gasteiger partial charge in [-0.3, -0.25) is 14.8 Å². The molecule has 14 heteroatoms. The molecule has 4 aromatic rings. The normalized spacial score (nSPS) is 11.5. The van der Waals surface area contributed by atoms with Crippen LogP contribution in [0.15, 0.2) is 52.1 Å². The summed E-state index contributed by atoms with van der Waals surface area (Å²) < 4.78 is 73.8. The number of pyridine rings is 1. The summed E-state index contributed by atoms with van der Waals surface area (Å²) in [5.41, 5.74) is -3.00. The Morgan fingerprint density at radius 1 is 1.06 bits per heavy atom. The molecule has 0 aliphatic carbocycles. The summed E-state index contributed by atoms with van der Waals surface area (Å²) in [6.45, 7) is 0. The standard InChI is InChI=1S/C20H11F5N6O3/c1-31-19(33)34-18(30-31)9-5-10(16(28-6-9)20(23,24)25)13-7-27-14(8-26-13)29-17(32)15-11(21)3-2-4-12(15)22/h2-8H,1H3,(H,27,29,32). The van der Waals surface area contributed by atoms with E-state index in [-0.39, 0.29) is 23.0 Å². The van der Waals surface area contributed by atoms with Crippen molar-refractivity contribution in [2.24, 2.45) is 7.05 Å². The average molecular weight is 478 g/mol. The van der Waals surface area contributed by atoms with Gasteiger partial charge in [-0.25, -0.2) is 18.6 Å². The maximum absolute atomic E-state index is 13.8. The molecule has 0 saturated heterocycles. The maximum atomic E-state index is 13.8. The molecule has 0 radical (unpaired) electrons. The number of carbonyl (C=O) groups is 1. The van der Waals surface area contributed by atoms with Crippen molar-refractivity contribution < 1.29 is 31.2 Å². The molecule has 0 aliphatic heterocycles. The topological polar surface area (TPSA) is 116 Å². The molecule has 0 bridgehead atoms. The number of amides is 1. The van der Waals surface area contributed by atoms with Gasteiger partial charge in [0.2, 0.25) is 0 Å². The van der Waals surface area contributed by atoms with Crippen molar-refractivity contribution in [1.82, 2.24) is 24.7 Å². The van der Waals surface area contributed by atoms with E-state index in [0.717, 1.165) is 47.5 Å². The number of halogens is 5. The van der Waals surface area contributed by atoms with Crippen molar-refractivity contribution in [3.05, 3.63) is 76.3 Å². The molecule has 1 amide bonds. The molecule has 0 aliphatic rings. The Bertz CT molecular complexity index is 1430. The molecule has 174 valence electrons. The summed E-state index contributed by atoms with van der Waals surface area (Å²) in [6, 6.07) is 3.86. The Morgan fingerprint density at radius 3 is 2.32 bits per heavy atom. The monoisotopic (exact) mass is 478 g/mol. The van der Waals surface area contributed by atoms with Crippen LogP contribution in [0.2, 0.25) is 0 Å². The fourth-order valence-electron chi connectivity index (χ4n) is 2.89. The first-order valence-electron chi connectivity index (χ1n) is 9.24. The molecule has 0 fully saturated rings. The molecular formula is C20H11F5N6O3. The van der Waals surface area contributed by atoms with E-state index in [4.69, 9.17) is 4.42 Å². The fraction of sp³-hybridized carbons (Fsp3) is 0.100. The van der Waals surface area contributed by atoms with Gasteiger partial charge in [-0.05, 0) is 18.2 Å². The lowest BCUT2D eigenvalue weighted by molar-refractivity contribution is -0.140. The van der Waals surface area contributed by atoms with Crippen LogP contribution < -0.4 is 11.1 Å². The number of benzene rings is 1. The van der Waals surface area contributed by atoms with E-state index >= 15 is 0 Å². The lowest BCUT2D eigenvalue weighted by atomic mass is 10.1. The number of anilines is 1. The van der Waals surface area contributed by atoms with E-state index in [1.54, 1.807) is 0 Å². The van der Waals surface area contributed by atoms with Gasteiger partial charge in [-0.15, -0.1) is 5.10 Å². The van der Waals surface area contributed by atoms with Gasteiger partial charge in [0.1, 0.15) is 17.2 Å². The van der Waals surface area contributed by atoms with Crippen LogP contribution in [0.1, 0.15) is 16.1 Å². The van der Waals surface area contributed by atoms with Gasteiger partial charge in [-0.2, -0.15) is 17.9 Å². The molecule has 0 saturated carbocycles. The van der Waals surface area contributed by atoms with Crippen LogP contribution in [0.25, 0.3) is 22.7 Å². The minimum absolute atomic E-state index is 0.0325. The number of hydrogen-bond donors (Lipinski definition) is 1. The number of alkyl halides is 3. The predicted molar refractivity (Wildman–Crippen MR) is 105 cm³/mol. The van der Waals surface area contributed by atoms with Crippen molar-refractivity contribution in [1.29, 1.82) is 0 Å². The second kappa shape index (κ2) is 8.46. The molecule has 1 N–H and O–H groups in total. The van der Waals surface area contributed by atoms with Gasteiger partial charge in [0.05, 0.1) is 23.7 Å². The summed E-state index contributed by atoms with van der Waals surface area (Å²) in [4.78, 5) is 34.7. The first kappa shape index (κ1) is 22.7. The fourth-order valence-corrected chi connectivity index (χ4v) is 2.89. The van der Waals surface area contributed by atoms with E-state index in [1.165, 1.54) is 7.05 Å². The lowest BCUT2D eigenvalue weighted by Crippen LogP contribution is -2.17. The third-order valence-corrected chi connectivity index (χ3v) is 4.45. The molecule has 3 heterocycles. The lowest BCUT2D eigenvalue weighted by Gasteiger charge is -2.12. The minimum Gasteiger partial charge on any atom is -0.388 e. The van der Waals surface area contributed by atoms with Gasteiger partial charge in [0.15, 0.2) is 11.5 Å². The zero-order valence-electron chi connectivity index (χ0n) is 16.9. The van der Waals surface area contributed by atoms with E-state index in [1.807, 2.05) is 0 Å².